The highest BCUT2D eigenvalue weighted by Gasteiger charge is 2.31. The number of nitrogens with zero attached hydrogens (tertiary/aromatic N) is 5. The van der Waals surface area contributed by atoms with Gasteiger partial charge in [0.2, 0.25) is 0 Å². The Labute approximate surface area is 603 Å². The van der Waals surface area contributed by atoms with Crippen molar-refractivity contribution in [3.63, 3.8) is 0 Å². The summed E-state index contributed by atoms with van der Waals surface area (Å²) in [5.41, 5.74) is 22.3. The normalized spacial score (nSPS) is 12.3. The van der Waals surface area contributed by atoms with Crippen molar-refractivity contribution in [1.82, 2.24) is 15.0 Å². The smallest absolute Gasteiger partial charge is 0.163 e. The van der Waals surface area contributed by atoms with Gasteiger partial charge in [-0.25, -0.2) is 15.0 Å². The van der Waals surface area contributed by atoms with E-state index in [0.29, 0.717) is 23.8 Å². The molecule has 1 aliphatic rings. The predicted octanol–water partition coefficient (Wildman–Crippen LogP) is 26.8. The number of fused-ring (bicyclic) bond motifs is 10. The number of rotatable bonds is 10. The van der Waals surface area contributed by atoms with Gasteiger partial charge in [0.25, 0.3) is 0 Å². The van der Waals surface area contributed by atoms with Gasteiger partial charge in [0.1, 0.15) is 23.1 Å². The molecule has 0 saturated carbocycles. The maximum atomic E-state index is 8.12. The van der Waals surface area contributed by atoms with E-state index in [2.05, 4.69) is 350 Å². The van der Waals surface area contributed by atoms with Crippen LogP contribution < -0.4 is 9.80 Å². The van der Waals surface area contributed by atoms with Crippen molar-refractivity contribution in [1.29, 1.82) is 0 Å². The molecule has 7 heteroatoms. The Morgan fingerprint density at radius 3 is 1.59 bits per heavy atom. The molecule has 0 atom stereocenters. The minimum absolute atomic E-state index is 0.527. The molecule has 105 heavy (non-hydrogen) atoms. The fourth-order valence-electron chi connectivity index (χ4n) is 17.2. The summed E-state index contributed by atoms with van der Waals surface area (Å²) in [6.45, 7) is 0.615. The van der Waals surface area contributed by atoms with Crippen LogP contribution in [0.5, 0.6) is 0 Å². The van der Waals surface area contributed by atoms with Gasteiger partial charge in [0.15, 0.2) is 17.2 Å². The summed E-state index contributed by atoms with van der Waals surface area (Å²) in [4.78, 5) is 20.1. The van der Waals surface area contributed by atoms with Crippen LogP contribution >= 0.6 is 0 Å². The Morgan fingerprint density at radius 1 is 0.267 bits per heavy atom. The lowest BCUT2D eigenvalue weighted by molar-refractivity contribution is 0.668. The minimum Gasteiger partial charge on any atom is -0.456 e. The second-order valence-electron chi connectivity index (χ2n) is 27.7. The third kappa shape index (κ3) is 9.28. The average molecular weight is 1340 g/mol. The molecule has 0 bridgehead atoms. The van der Waals surface area contributed by atoms with E-state index in [1.165, 1.54) is 54.7 Å². The quantitative estimate of drug-likeness (QED) is 0.126. The van der Waals surface area contributed by atoms with Gasteiger partial charge in [-0.15, -0.1) is 0 Å². The van der Waals surface area contributed by atoms with E-state index in [1.54, 1.807) is 6.33 Å². The number of para-hydroxylation sites is 1. The molecule has 0 amide bonds. The largest absolute Gasteiger partial charge is 0.456 e. The summed E-state index contributed by atoms with van der Waals surface area (Å²) >= 11 is 0. The van der Waals surface area contributed by atoms with E-state index in [0.717, 1.165) is 149 Å². The Morgan fingerprint density at radius 2 is 0.800 bits per heavy atom. The summed E-state index contributed by atoms with van der Waals surface area (Å²) in [6.07, 6.45) is 1.64. The molecule has 0 spiro atoms. The van der Waals surface area contributed by atoms with Crippen LogP contribution in [0.25, 0.3) is 187 Å². The van der Waals surface area contributed by atoms with Gasteiger partial charge >= 0.3 is 0 Å². The first-order valence-electron chi connectivity index (χ1n) is 35.8. The zero-order valence-electron chi connectivity index (χ0n) is 56.7. The zero-order chi connectivity index (χ0) is 68.8. The lowest BCUT2D eigenvalue weighted by atomic mass is 9.88. The molecule has 0 fully saturated rings. The van der Waals surface area contributed by atoms with Crippen molar-refractivity contribution in [2.45, 2.75) is 6.54 Å². The SMILES string of the molecule is c1ccc(-c2cccc(N(c3ccccc3)c3cc4oc5cc(-c6ncnc(-c7ccc8c(ccc9ccccc98)c7)n6)cc6c7ccc(N8Cc9ccccc9-c9cc(-c%10ccccc%10)ccc98)c8oc9c(-c%10ccc(-c%11cccc%12ccccc%11%12)c%11ccccc%10%11)ccc(c(c3)c4c56)c9c87)c2)cc1. The van der Waals surface area contributed by atoms with Crippen LogP contribution in [0.4, 0.5) is 28.4 Å². The molecule has 488 valence electrons. The van der Waals surface area contributed by atoms with Crippen molar-refractivity contribution in [3.05, 3.63) is 352 Å². The van der Waals surface area contributed by atoms with Gasteiger partial charge in [-0.3, -0.25) is 0 Å². The molecule has 0 aliphatic carbocycles. The topological polar surface area (TPSA) is 71.4 Å². The van der Waals surface area contributed by atoms with E-state index >= 15 is 0 Å². The van der Waals surface area contributed by atoms with Gasteiger partial charge < -0.3 is 18.6 Å². The maximum absolute atomic E-state index is 8.12. The molecule has 4 heterocycles. The predicted molar refractivity (Wildman–Crippen MR) is 436 cm³/mol. The number of anilines is 5. The van der Waals surface area contributed by atoms with Gasteiger partial charge in [-0.2, -0.15) is 0 Å². The number of furan rings is 2. The van der Waals surface area contributed by atoms with Crippen LogP contribution in [0.3, 0.4) is 0 Å². The molecule has 21 aromatic rings. The molecule has 3 aromatic heterocycles. The standard InChI is InChI=1S/C98H59N5O2/c1-4-20-59(21-5-1)63-28-18-31-70(51-63)103(69-29-8-3-9-30-69)71-55-86-81-45-46-83(80-44-43-79(77-35-16-17-36-78(77)80)76-37-19-27-61-24-10-14-33-73(61)76)95-93(81)94-82(47-49-88(96(94)105-95)102-57-67-26-12-15-34-74(67)84-52-64(41-48-87(84)102)60-22-6-2-7-23-60)85-53-68(54-89-91(85)92(86)90(56-71)104-89)98-100-58-99-97(101-98)66-40-42-75-65(50-66)39-38-62-25-11-13-32-72(62)75/h1-56,58H,57H2. The van der Waals surface area contributed by atoms with Crippen LogP contribution in [0.2, 0.25) is 0 Å². The second kappa shape index (κ2) is 23.3. The van der Waals surface area contributed by atoms with Crippen LogP contribution in [0.15, 0.2) is 355 Å². The van der Waals surface area contributed by atoms with Crippen LogP contribution in [0, 0.1) is 0 Å². The molecule has 1 aliphatic heterocycles. The first-order valence-corrected chi connectivity index (χ1v) is 35.8. The zero-order valence-corrected chi connectivity index (χ0v) is 56.7. The van der Waals surface area contributed by atoms with Gasteiger partial charge in [-0.05, 0) is 188 Å². The van der Waals surface area contributed by atoms with E-state index in [9.17, 15) is 0 Å². The van der Waals surface area contributed by atoms with Crippen molar-refractivity contribution >= 4 is 137 Å². The molecule has 22 rings (SSSR count). The fraction of sp³-hybridized carbons (Fsp3) is 0.0102. The van der Waals surface area contributed by atoms with E-state index in [-0.39, 0.29) is 0 Å². The summed E-state index contributed by atoms with van der Waals surface area (Å²) < 4.78 is 15.7. The highest BCUT2D eigenvalue weighted by molar-refractivity contribution is 6.39. The monoisotopic (exact) mass is 1340 g/mol. The second-order valence-corrected chi connectivity index (χ2v) is 27.7. The third-order valence-corrected chi connectivity index (χ3v) is 21.9. The summed E-state index contributed by atoms with van der Waals surface area (Å²) in [5, 5.41) is 17.4. The van der Waals surface area contributed by atoms with Crippen molar-refractivity contribution in [2.75, 3.05) is 9.80 Å². The van der Waals surface area contributed by atoms with E-state index < -0.39 is 0 Å². The van der Waals surface area contributed by atoms with E-state index in [4.69, 9.17) is 23.8 Å². The third-order valence-electron chi connectivity index (χ3n) is 21.9. The minimum atomic E-state index is 0.527. The first-order chi connectivity index (χ1) is 52.0. The highest BCUT2D eigenvalue weighted by Crippen LogP contribution is 2.55. The highest BCUT2D eigenvalue weighted by atomic mass is 16.3. The van der Waals surface area contributed by atoms with Gasteiger partial charge in [0, 0.05) is 73.5 Å². The molecule has 0 saturated heterocycles. The molecular weight excluding hydrogens is 1280 g/mol. The van der Waals surface area contributed by atoms with Crippen molar-refractivity contribution < 1.29 is 8.83 Å². The molecule has 0 unspecified atom stereocenters. The molecular formula is C98H59N5O2. The van der Waals surface area contributed by atoms with Crippen LogP contribution in [0.1, 0.15) is 5.56 Å². The first kappa shape index (κ1) is 58.8. The van der Waals surface area contributed by atoms with Gasteiger partial charge in [-0.1, -0.05) is 261 Å². The molecule has 18 aromatic carbocycles. The van der Waals surface area contributed by atoms with Crippen LogP contribution in [-0.4, -0.2) is 15.0 Å². The molecule has 7 nitrogen and oxygen atoms in total. The number of aromatic nitrogens is 3. The number of hydrogen-bond acceptors (Lipinski definition) is 7. The summed E-state index contributed by atoms with van der Waals surface area (Å²) in [7, 11) is 0. The fourth-order valence-corrected chi connectivity index (χ4v) is 17.2. The summed E-state index contributed by atoms with van der Waals surface area (Å²) in [5.74, 6) is 1.10. The Bertz CT molecular complexity index is 7140. The molecule has 0 N–H and O–H groups in total. The van der Waals surface area contributed by atoms with Gasteiger partial charge in [0.05, 0.1) is 11.4 Å². The number of benzene rings is 17. The number of hydrogen-bond donors (Lipinski definition) is 0. The Hall–Kier alpha value is -14.0. The van der Waals surface area contributed by atoms with Crippen molar-refractivity contribution in [3.8, 4) is 78.4 Å². The molecule has 0 radical (unpaired) electrons. The average Bonchev–Trinajstić information content (AvgIpc) is 1.55. The van der Waals surface area contributed by atoms with Crippen molar-refractivity contribution in [2.24, 2.45) is 0 Å². The Balaban J connectivity index is 0.853. The van der Waals surface area contributed by atoms with E-state index in [1.807, 2.05) is 0 Å². The summed E-state index contributed by atoms with van der Waals surface area (Å²) in [6, 6.07) is 123. The Kier molecular flexibility index (Phi) is 13.0. The van der Waals surface area contributed by atoms with Crippen LogP contribution in [-0.2, 0) is 6.54 Å². The maximum Gasteiger partial charge on any atom is 0.163 e. The lowest BCUT2D eigenvalue weighted by Crippen LogP contribution is -2.21. The lowest BCUT2D eigenvalue weighted by Gasteiger charge is -2.33.